The zero-order chi connectivity index (χ0) is 23.6. The van der Waals surface area contributed by atoms with Crippen LogP contribution in [-0.2, 0) is 19.4 Å². The number of para-hydroxylation sites is 1. The predicted octanol–water partition coefficient (Wildman–Crippen LogP) is 5.21. The molecule has 5 nitrogen and oxygen atoms in total. The smallest absolute Gasteiger partial charge is 0.255 e. The van der Waals surface area contributed by atoms with E-state index in [0.29, 0.717) is 0 Å². The van der Waals surface area contributed by atoms with E-state index in [2.05, 4.69) is 46.3 Å². The first-order valence-electron chi connectivity index (χ1n) is 12.7. The summed E-state index contributed by atoms with van der Waals surface area (Å²) in [5.41, 5.74) is 6.28. The van der Waals surface area contributed by atoms with Crippen molar-refractivity contribution in [3.63, 3.8) is 0 Å². The second kappa shape index (κ2) is 9.59. The number of aromatic nitrogens is 2. The molecule has 4 heterocycles. The van der Waals surface area contributed by atoms with Gasteiger partial charge in [-0.1, -0.05) is 54.6 Å². The summed E-state index contributed by atoms with van der Waals surface area (Å²) in [5, 5.41) is 0.966. The molecule has 5 heteroatoms. The van der Waals surface area contributed by atoms with Gasteiger partial charge in [0.1, 0.15) is 0 Å². The molecule has 0 radical (unpaired) electrons. The number of pyridine rings is 2. The highest BCUT2D eigenvalue weighted by Crippen LogP contribution is 2.35. The highest BCUT2D eigenvalue weighted by atomic mass is 16.2. The van der Waals surface area contributed by atoms with Crippen molar-refractivity contribution in [1.82, 2.24) is 19.8 Å². The Kier molecular flexibility index (Phi) is 6.01. The summed E-state index contributed by atoms with van der Waals surface area (Å²) in [6.45, 7) is 3.48. The zero-order valence-electron chi connectivity index (χ0n) is 19.9. The van der Waals surface area contributed by atoms with Gasteiger partial charge in [-0.25, -0.2) is 0 Å². The molecular weight excluding hydrogens is 432 g/mol. The fourth-order valence-corrected chi connectivity index (χ4v) is 5.65. The monoisotopic (exact) mass is 462 g/mol. The molecule has 1 fully saturated rings. The average Bonchev–Trinajstić information content (AvgIpc) is 3.41. The molecule has 0 spiro atoms. The summed E-state index contributed by atoms with van der Waals surface area (Å²) in [5.74, 6) is 0.123. The Balaban J connectivity index is 1.35. The molecule has 1 atom stereocenters. The topological polar surface area (TPSA) is 49.3 Å². The number of hydrogen-bond donors (Lipinski definition) is 0. The third kappa shape index (κ3) is 4.32. The fraction of sp³-hybridized carbons (Fsp3) is 0.300. The molecule has 2 aliphatic heterocycles. The summed E-state index contributed by atoms with van der Waals surface area (Å²) in [7, 11) is 0. The number of carbonyl (C=O) groups is 1. The molecule has 0 bridgehead atoms. The standard InChI is InChI=1S/C30H30N4O/c35-30(34-18-8-14-28(34)27-13-6-7-17-31-27)29-23-11-4-5-12-25(23)32-26-16-20-33(21-24(26)29)19-15-22-9-2-1-3-10-22/h1-7,9-13,17,28H,8,14-16,18-21H2. The summed E-state index contributed by atoms with van der Waals surface area (Å²) < 4.78 is 0. The number of hydrogen-bond acceptors (Lipinski definition) is 4. The first-order chi connectivity index (χ1) is 17.3. The van der Waals surface area contributed by atoms with E-state index < -0.39 is 0 Å². The highest BCUT2D eigenvalue weighted by Gasteiger charge is 2.35. The summed E-state index contributed by atoms with van der Waals surface area (Å²) in [4.78, 5) is 28.4. The lowest BCUT2D eigenvalue weighted by molar-refractivity contribution is 0.0731. The predicted molar refractivity (Wildman–Crippen MR) is 138 cm³/mol. The van der Waals surface area contributed by atoms with E-state index in [-0.39, 0.29) is 11.9 Å². The lowest BCUT2D eigenvalue weighted by Crippen LogP contribution is -2.37. The van der Waals surface area contributed by atoms with Crippen LogP contribution in [-0.4, -0.2) is 45.3 Å². The van der Waals surface area contributed by atoms with Crippen LogP contribution in [0.4, 0.5) is 0 Å². The minimum absolute atomic E-state index is 0.0315. The lowest BCUT2D eigenvalue weighted by atomic mass is 9.94. The molecule has 2 aliphatic rings. The quantitative estimate of drug-likeness (QED) is 0.409. The first kappa shape index (κ1) is 21.9. The number of likely N-dealkylation sites (tertiary alicyclic amines) is 1. The molecule has 2 aromatic heterocycles. The Labute approximate surface area is 206 Å². The Morgan fingerprint density at radius 3 is 2.63 bits per heavy atom. The van der Waals surface area contributed by atoms with Crippen molar-refractivity contribution in [3.8, 4) is 0 Å². The van der Waals surface area contributed by atoms with Crippen LogP contribution in [0, 0.1) is 0 Å². The van der Waals surface area contributed by atoms with Crippen molar-refractivity contribution in [2.75, 3.05) is 19.6 Å². The van der Waals surface area contributed by atoms with E-state index in [9.17, 15) is 4.79 Å². The second-order valence-electron chi connectivity index (χ2n) is 9.60. The van der Waals surface area contributed by atoms with Crippen LogP contribution in [0.5, 0.6) is 0 Å². The van der Waals surface area contributed by atoms with Gasteiger partial charge in [-0.3, -0.25) is 19.7 Å². The van der Waals surface area contributed by atoms with Gasteiger partial charge < -0.3 is 4.90 Å². The van der Waals surface area contributed by atoms with Crippen LogP contribution in [0.2, 0.25) is 0 Å². The van der Waals surface area contributed by atoms with E-state index >= 15 is 0 Å². The number of amides is 1. The molecular formula is C30H30N4O. The average molecular weight is 463 g/mol. The Bertz CT molecular complexity index is 1340. The molecule has 0 N–H and O–H groups in total. The van der Waals surface area contributed by atoms with Gasteiger partial charge in [0.2, 0.25) is 0 Å². The molecule has 2 aromatic carbocycles. The van der Waals surface area contributed by atoms with Crippen LogP contribution in [0.1, 0.15) is 51.8 Å². The molecule has 176 valence electrons. The van der Waals surface area contributed by atoms with Gasteiger partial charge in [-0.15, -0.1) is 0 Å². The molecule has 35 heavy (non-hydrogen) atoms. The SMILES string of the molecule is O=C(c1c2c(nc3ccccc13)CCN(CCc1ccccc1)C2)N1CCCC1c1ccccn1. The van der Waals surface area contributed by atoms with Crippen molar-refractivity contribution in [1.29, 1.82) is 0 Å². The minimum Gasteiger partial charge on any atom is -0.330 e. The van der Waals surface area contributed by atoms with Crippen LogP contribution in [0.25, 0.3) is 10.9 Å². The van der Waals surface area contributed by atoms with Crippen molar-refractivity contribution in [2.24, 2.45) is 0 Å². The van der Waals surface area contributed by atoms with Crippen molar-refractivity contribution < 1.29 is 4.79 Å². The van der Waals surface area contributed by atoms with Gasteiger partial charge in [0.05, 0.1) is 22.8 Å². The van der Waals surface area contributed by atoms with Crippen LogP contribution >= 0.6 is 0 Å². The zero-order valence-corrected chi connectivity index (χ0v) is 19.9. The maximum Gasteiger partial charge on any atom is 0.255 e. The van der Waals surface area contributed by atoms with Gasteiger partial charge >= 0.3 is 0 Å². The number of fused-ring (bicyclic) bond motifs is 2. The minimum atomic E-state index is 0.0315. The molecule has 1 unspecified atom stereocenters. The Hall–Kier alpha value is -3.57. The first-order valence-corrected chi connectivity index (χ1v) is 12.7. The Morgan fingerprint density at radius 1 is 0.943 bits per heavy atom. The number of rotatable bonds is 5. The molecule has 1 amide bonds. The molecule has 0 aliphatic carbocycles. The maximum absolute atomic E-state index is 14.3. The molecule has 4 aromatic rings. The van der Waals surface area contributed by atoms with E-state index in [1.54, 1.807) is 0 Å². The van der Waals surface area contributed by atoms with Crippen molar-refractivity contribution in [3.05, 3.63) is 107 Å². The third-order valence-corrected chi connectivity index (χ3v) is 7.44. The lowest BCUT2D eigenvalue weighted by Gasteiger charge is -2.32. The van der Waals surface area contributed by atoms with Gasteiger partial charge in [-0.2, -0.15) is 0 Å². The number of benzene rings is 2. The van der Waals surface area contributed by atoms with E-state index in [1.165, 1.54) is 5.56 Å². The van der Waals surface area contributed by atoms with Crippen LogP contribution in [0.3, 0.4) is 0 Å². The summed E-state index contributed by atoms with van der Waals surface area (Å²) >= 11 is 0. The maximum atomic E-state index is 14.3. The van der Waals surface area contributed by atoms with E-state index in [0.717, 1.165) is 85.3 Å². The second-order valence-corrected chi connectivity index (χ2v) is 9.60. The van der Waals surface area contributed by atoms with Crippen LogP contribution in [0.15, 0.2) is 79.0 Å². The summed E-state index contributed by atoms with van der Waals surface area (Å²) in [6, 6.07) is 24.8. The molecule has 6 rings (SSSR count). The largest absolute Gasteiger partial charge is 0.330 e. The van der Waals surface area contributed by atoms with E-state index in [4.69, 9.17) is 4.98 Å². The Morgan fingerprint density at radius 2 is 1.77 bits per heavy atom. The molecule has 0 saturated carbocycles. The summed E-state index contributed by atoms with van der Waals surface area (Å²) in [6.07, 6.45) is 5.66. The normalized spacial score (nSPS) is 18.1. The van der Waals surface area contributed by atoms with Gasteiger partial charge in [0.25, 0.3) is 5.91 Å². The fourth-order valence-electron chi connectivity index (χ4n) is 5.65. The van der Waals surface area contributed by atoms with Gasteiger partial charge in [0, 0.05) is 55.4 Å². The van der Waals surface area contributed by atoms with E-state index in [1.807, 2.05) is 47.5 Å². The molecule has 1 saturated heterocycles. The van der Waals surface area contributed by atoms with Crippen molar-refractivity contribution >= 4 is 16.8 Å². The highest BCUT2D eigenvalue weighted by molar-refractivity contribution is 6.08. The van der Waals surface area contributed by atoms with Crippen LogP contribution < -0.4 is 0 Å². The van der Waals surface area contributed by atoms with Crippen molar-refractivity contribution in [2.45, 2.75) is 38.3 Å². The third-order valence-electron chi connectivity index (χ3n) is 7.44. The number of carbonyl (C=O) groups excluding carboxylic acids is 1. The van der Waals surface area contributed by atoms with Gasteiger partial charge in [-0.05, 0) is 43.0 Å². The number of nitrogens with zero attached hydrogens (tertiary/aromatic N) is 4. The van der Waals surface area contributed by atoms with Gasteiger partial charge in [0.15, 0.2) is 0 Å².